The fourth-order valence-electron chi connectivity index (χ4n) is 1.86. The largest absolute Gasteiger partial charge is 0.382 e. The third-order valence-electron chi connectivity index (χ3n) is 3.07. The topological polar surface area (TPSA) is 86.3 Å². The second kappa shape index (κ2) is 11.7. The summed E-state index contributed by atoms with van der Waals surface area (Å²) in [4.78, 5) is 31.4. The number of amides is 2. The van der Waals surface area contributed by atoms with Crippen molar-refractivity contribution < 1.29 is 14.3 Å². The Kier molecular flexibility index (Phi) is 10.8. The first-order valence-electron chi connectivity index (χ1n) is 8.65. The number of rotatable bonds is 9. The summed E-state index contributed by atoms with van der Waals surface area (Å²) in [5.41, 5.74) is -0.291. The smallest absolute Gasteiger partial charge is 0.243 e. The van der Waals surface area contributed by atoms with E-state index in [0.29, 0.717) is 25.7 Å². The van der Waals surface area contributed by atoms with Crippen molar-refractivity contribution in [1.29, 1.82) is 0 Å². The highest BCUT2D eigenvalue weighted by Gasteiger charge is 2.17. The molecule has 2 amide bonds. The van der Waals surface area contributed by atoms with Gasteiger partial charge in [-0.25, -0.2) is 4.99 Å². The summed E-state index contributed by atoms with van der Waals surface area (Å²) >= 11 is 0. The molecule has 0 saturated carbocycles. The molecule has 8 heteroatoms. The molecule has 0 spiro atoms. The minimum atomic E-state index is -0.291. The van der Waals surface area contributed by atoms with E-state index in [2.05, 4.69) is 15.6 Å². The Balaban J connectivity index is 4.75. The van der Waals surface area contributed by atoms with Gasteiger partial charge in [-0.3, -0.25) is 9.59 Å². The Morgan fingerprint density at radius 1 is 1.16 bits per heavy atom. The van der Waals surface area contributed by atoms with Gasteiger partial charge >= 0.3 is 0 Å². The number of carbonyl (C=O) groups is 2. The minimum absolute atomic E-state index is 0.0338. The first kappa shape index (κ1) is 23.2. The number of aliphatic imine (C=N–C) groups is 1. The Bertz CT molecular complexity index is 444. The monoisotopic (exact) mass is 357 g/mol. The van der Waals surface area contributed by atoms with Crippen molar-refractivity contribution in [2.75, 3.05) is 54.0 Å². The van der Waals surface area contributed by atoms with Gasteiger partial charge < -0.3 is 25.2 Å². The van der Waals surface area contributed by atoms with Crippen molar-refractivity contribution in [3.05, 3.63) is 0 Å². The van der Waals surface area contributed by atoms with Gasteiger partial charge in [0.1, 0.15) is 6.54 Å². The SMILES string of the molecule is CCOCCCNC(=NCC(=O)N(C)C)N(C)CC(=O)NC(C)(C)C. The number of nitrogens with zero attached hydrogens (tertiary/aromatic N) is 3. The third-order valence-corrected chi connectivity index (χ3v) is 3.07. The fraction of sp³-hybridized carbons (Fsp3) is 0.824. The predicted molar refractivity (Wildman–Crippen MR) is 101 cm³/mol. The number of likely N-dealkylation sites (N-methyl/N-ethyl adjacent to an activating group) is 2. The Morgan fingerprint density at radius 3 is 2.32 bits per heavy atom. The zero-order chi connectivity index (χ0) is 19.5. The van der Waals surface area contributed by atoms with Crippen LogP contribution in [0.5, 0.6) is 0 Å². The summed E-state index contributed by atoms with van der Waals surface area (Å²) in [6.45, 7) is 9.93. The average Bonchev–Trinajstić information content (AvgIpc) is 2.47. The van der Waals surface area contributed by atoms with Crippen LogP contribution in [0.3, 0.4) is 0 Å². The van der Waals surface area contributed by atoms with Gasteiger partial charge in [0.15, 0.2) is 5.96 Å². The van der Waals surface area contributed by atoms with Gasteiger partial charge in [0.05, 0.1) is 6.54 Å². The van der Waals surface area contributed by atoms with Crippen LogP contribution in [-0.4, -0.2) is 87.1 Å². The van der Waals surface area contributed by atoms with Crippen LogP contribution in [0.1, 0.15) is 34.1 Å². The summed E-state index contributed by atoms with van der Waals surface area (Å²) in [6.07, 6.45) is 0.816. The number of hydrogen-bond donors (Lipinski definition) is 2. The van der Waals surface area contributed by atoms with E-state index in [1.54, 1.807) is 26.0 Å². The summed E-state index contributed by atoms with van der Waals surface area (Å²) in [5.74, 6) is 0.328. The molecule has 146 valence electrons. The van der Waals surface area contributed by atoms with Crippen LogP contribution < -0.4 is 10.6 Å². The number of carbonyl (C=O) groups excluding carboxylic acids is 2. The molecule has 8 nitrogen and oxygen atoms in total. The minimum Gasteiger partial charge on any atom is -0.382 e. The van der Waals surface area contributed by atoms with Gasteiger partial charge in [0, 0.05) is 46.4 Å². The van der Waals surface area contributed by atoms with Crippen LogP contribution >= 0.6 is 0 Å². The quantitative estimate of drug-likeness (QED) is 0.352. The van der Waals surface area contributed by atoms with Gasteiger partial charge in [0.25, 0.3) is 0 Å². The third kappa shape index (κ3) is 12.2. The normalized spacial score (nSPS) is 11.9. The lowest BCUT2D eigenvalue weighted by molar-refractivity contribution is -0.127. The summed E-state index contributed by atoms with van der Waals surface area (Å²) in [6, 6.07) is 0. The van der Waals surface area contributed by atoms with Gasteiger partial charge in [0.2, 0.25) is 11.8 Å². The lowest BCUT2D eigenvalue weighted by Crippen LogP contribution is -2.49. The van der Waals surface area contributed by atoms with E-state index in [9.17, 15) is 9.59 Å². The van der Waals surface area contributed by atoms with Crippen LogP contribution in [0.25, 0.3) is 0 Å². The van der Waals surface area contributed by atoms with Crippen LogP contribution in [-0.2, 0) is 14.3 Å². The molecule has 0 atom stereocenters. The van der Waals surface area contributed by atoms with Crippen molar-refractivity contribution in [2.45, 2.75) is 39.7 Å². The molecule has 0 aromatic carbocycles. The molecule has 25 heavy (non-hydrogen) atoms. The summed E-state index contributed by atoms with van der Waals surface area (Å²) in [7, 11) is 5.15. The van der Waals surface area contributed by atoms with Gasteiger partial charge in [-0.05, 0) is 34.1 Å². The van der Waals surface area contributed by atoms with Crippen molar-refractivity contribution in [1.82, 2.24) is 20.4 Å². The molecule has 0 fully saturated rings. The van der Waals surface area contributed by atoms with Crippen LogP contribution in [0.2, 0.25) is 0 Å². The van der Waals surface area contributed by atoms with E-state index >= 15 is 0 Å². The van der Waals surface area contributed by atoms with Gasteiger partial charge in [-0.15, -0.1) is 0 Å². The standard InChI is InChI=1S/C17H35N5O3/c1-8-25-11-9-10-18-16(19-12-15(24)21(5)6)22(7)13-14(23)20-17(2,3)4/h8-13H2,1-7H3,(H,18,19)(H,20,23). The number of hydrogen-bond acceptors (Lipinski definition) is 4. The molecule has 0 aliphatic rings. The zero-order valence-electron chi connectivity index (χ0n) is 16.8. The molecule has 0 unspecified atom stereocenters. The molecular weight excluding hydrogens is 322 g/mol. The average molecular weight is 357 g/mol. The Labute approximate surface area is 152 Å². The predicted octanol–water partition coefficient (Wildman–Crippen LogP) is 0.293. The van der Waals surface area contributed by atoms with E-state index in [1.807, 2.05) is 27.7 Å². The van der Waals surface area contributed by atoms with E-state index in [0.717, 1.165) is 6.42 Å². The second-order valence-corrected chi connectivity index (χ2v) is 7.06. The highest BCUT2D eigenvalue weighted by molar-refractivity contribution is 5.88. The second-order valence-electron chi connectivity index (χ2n) is 7.06. The molecule has 0 heterocycles. The van der Waals surface area contributed by atoms with Crippen LogP contribution in [0, 0.1) is 0 Å². The molecule has 0 aliphatic heterocycles. The zero-order valence-corrected chi connectivity index (χ0v) is 16.8. The summed E-state index contributed by atoms with van der Waals surface area (Å²) in [5, 5.41) is 6.10. The Hall–Kier alpha value is -1.83. The maximum Gasteiger partial charge on any atom is 0.243 e. The molecule has 0 bridgehead atoms. The Morgan fingerprint density at radius 2 is 1.80 bits per heavy atom. The van der Waals surface area contributed by atoms with Gasteiger partial charge in [-0.2, -0.15) is 0 Å². The molecule has 0 aliphatic carbocycles. The highest BCUT2D eigenvalue weighted by atomic mass is 16.5. The number of ether oxygens (including phenoxy) is 1. The number of guanidine groups is 1. The highest BCUT2D eigenvalue weighted by Crippen LogP contribution is 1.98. The lowest BCUT2D eigenvalue weighted by Gasteiger charge is -2.25. The molecular formula is C17H35N5O3. The van der Waals surface area contributed by atoms with E-state index < -0.39 is 0 Å². The maximum absolute atomic E-state index is 12.1. The molecule has 0 aromatic heterocycles. The first-order valence-corrected chi connectivity index (χ1v) is 8.65. The molecule has 0 aromatic rings. The van der Waals surface area contributed by atoms with Crippen molar-refractivity contribution >= 4 is 17.8 Å². The summed E-state index contributed by atoms with van der Waals surface area (Å²) < 4.78 is 5.31. The lowest BCUT2D eigenvalue weighted by atomic mass is 10.1. The molecule has 0 rings (SSSR count). The van der Waals surface area contributed by atoms with Crippen LogP contribution in [0.15, 0.2) is 4.99 Å². The first-order chi connectivity index (χ1) is 11.6. The van der Waals surface area contributed by atoms with E-state index in [1.165, 1.54) is 4.90 Å². The van der Waals surface area contributed by atoms with Crippen molar-refractivity contribution in [2.24, 2.45) is 4.99 Å². The number of nitrogens with one attached hydrogen (secondary N) is 2. The van der Waals surface area contributed by atoms with Gasteiger partial charge in [-0.1, -0.05) is 0 Å². The van der Waals surface area contributed by atoms with Crippen molar-refractivity contribution in [3.63, 3.8) is 0 Å². The van der Waals surface area contributed by atoms with E-state index in [-0.39, 0.29) is 30.4 Å². The maximum atomic E-state index is 12.1. The van der Waals surface area contributed by atoms with E-state index in [4.69, 9.17) is 4.74 Å². The molecule has 0 saturated heterocycles. The fourth-order valence-corrected chi connectivity index (χ4v) is 1.86. The molecule has 2 N–H and O–H groups in total. The molecule has 0 radical (unpaired) electrons. The van der Waals surface area contributed by atoms with Crippen LogP contribution in [0.4, 0.5) is 0 Å². The van der Waals surface area contributed by atoms with Crippen molar-refractivity contribution in [3.8, 4) is 0 Å².